The van der Waals surface area contributed by atoms with E-state index in [1.807, 2.05) is 0 Å². The number of hydrogen-bond donors (Lipinski definition) is 0. The van der Waals surface area contributed by atoms with Crippen LogP contribution in [0.25, 0.3) is 11.1 Å². The molecule has 25 heavy (non-hydrogen) atoms. The van der Waals surface area contributed by atoms with E-state index in [0.29, 0.717) is 11.8 Å². The zero-order chi connectivity index (χ0) is 17.2. The summed E-state index contributed by atoms with van der Waals surface area (Å²) in [4.78, 5) is 0. The molecule has 1 atom stereocenters. The molecule has 0 N–H and O–H groups in total. The SMILES string of the molecule is C[C](C)C(Cc1ccccc1)CC1c2ccccc2-c2ccccc21. The Balaban J connectivity index is 1.66. The Hall–Kier alpha value is -2.34. The molecule has 0 saturated heterocycles. The highest BCUT2D eigenvalue weighted by Crippen LogP contribution is 2.48. The van der Waals surface area contributed by atoms with Crippen LogP contribution in [0.5, 0.6) is 0 Å². The van der Waals surface area contributed by atoms with Gasteiger partial charge in [-0.15, -0.1) is 0 Å². The van der Waals surface area contributed by atoms with E-state index in [9.17, 15) is 0 Å². The van der Waals surface area contributed by atoms with E-state index in [1.54, 1.807) is 0 Å². The van der Waals surface area contributed by atoms with Gasteiger partial charge in [0.1, 0.15) is 0 Å². The normalized spacial score (nSPS) is 14.4. The molecule has 0 aliphatic heterocycles. The van der Waals surface area contributed by atoms with Gasteiger partial charge >= 0.3 is 0 Å². The highest BCUT2D eigenvalue weighted by atomic mass is 14.3. The second-order valence-corrected chi connectivity index (χ2v) is 7.43. The monoisotopic (exact) mass is 325 g/mol. The van der Waals surface area contributed by atoms with Crippen LogP contribution in [0, 0.1) is 11.8 Å². The lowest BCUT2D eigenvalue weighted by molar-refractivity contribution is 0.476. The fourth-order valence-electron chi connectivity index (χ4n) is 4.22. The Bertz CT molecular complexity index is 799. The van der Waals surface area contributed by atoms with E-state index in [4.69, 9.17) is 0 Å². The topological polar surface area (TPSA) is 0 Å². The molecule has 3 aromatic carbocycles. The molecular formula is C25H25. The molecule has 4 rings (SSSR count). The predicted molar refractivity (Wildman–Crippen MR) is 107 cm³/mol. The molecule has 0 heterocycles. The zero-order valence-corrected chi connectivity index (χ0v) is 15.1. The van der Waals surface area contributed by atoms with Crippen LogP contribution in [-0.2, 0) is 6.42 Å². The second kappa shape index (κ2) is 6.88. The molecule has 0 saturated carbocycles. The lowest BCUT2D eigenvalue weighted by Crippen LogP contribution is -2.14. The molecule has 0 nitrogen and oxygen atoms in total. The summed E-state index contributed by atoms with van der Waals surface area (Å²) < 4.78 is 0. The molecule has 0 aromatic heterocycles. The van der Waals surface area contributed by atoms with Crippen LogP contribution in [0.2, 0.25) is 0 Å². The Labute approximate surface area is 151 Å². The molecule has 0 fully saturated rings. The Morgan fingerprint density at radius 1 is 0.720 bits per heavy atom. The lowest BCUT2D eigenvalue weighted by Gasteiger charge is -2.25. The van der Waals surface area contributed by atoms with Crippen molar-refractivity contribution in [1.29, 1.82) is 0 Å². The number of benzene rings is 3. The van der Waals surface area contributed by atoms with Crippen LogP contribution in [0.15, 0.2) is 78.9 Å². The van der Waals surface area contributed by atoms with Crippen LogP contribution in [0.4, 0.5) is 0 Å². The minimum absolute atomic E-state index is 0.510. The predicted octanol–water partition coefficient (Wildman–Crippen LogP) is 6.66. The first-order chi connectivity index (χ1) is 12.2. The van der Waals surface area contributed by atoms with Gasteiger partial charge in [0.25, 0.3) is 0 Å². The fourth-order valence-corrected chi connectivity index (χ4v) is 4.22. The summed E-state index contributed by atoms with van der Waals surface area (Å²) in [5.74, 6) is 2.65. The largest absolute Gasteiger partial charge is 0.0622 e. The van der Waals surface area contributed by atoms with Gasteiger partial charge in [-0.25, -0.2) is 0 Å². The third-order valence-corrected chi connectivity index (χ3v) is 5.62. The van der Waals surface area contributed by atoms with E-state index in [0.717, 1.165) is 6.42 Å². The molecule has 1 aliphatic rings. The average molecular weight is 325 g/mol. The summed E-state index contributed by atoms with van der Waals surface area (Å²) in [6, 6.07) is 28.8. The van der Waals surface area contributed by atoms with Gasteiger partial charge in [-0.2, -0.15) is 0 Å². The third kappa shape index (κ3) is 3.14. The summed E-state index contributed by atoms with van der Waals surface area (Å²) in [5, 5.41) is 0. The van der Waals surface area contributed by atoms with Gasteiger partial charge in [0.2, 0.25) is 0 Å². The molecule has 125 valence electrons. The number of hydrogen-bond acceptors (Lipinski definition) is 0. The maximum Gasteiger partial charge on any atom is 0.0105 e. The average Bonchev–Trinajstić information content (AvgIpc) is 2.96. The van der Waals surface area contributed by atoms with E-state index < -0.39 is 0 Å². The van der Waals surface area contributed by atoms with Crippen molar-refractivity contribution < 1.29 is 0 Å². The van der Waals surface area contributed by atoms with Crippen LogP contribution < -0.4 is 0 Å². The van der Waals surface area contributed by atoms with Crippen molar-refractivity contribution >= 4 is 0 Å². The van der Waals surface area contributed by atoms with Crippen molar-refractivity contribution in [2.75, 3.05) is 0 Å². The first-order valence-electron chi connectivity index (χ1n) is 9.26. The van der Waals surface area contributed by atoms with Crippen molar-refractivity contribution in [1.82, 2.24) is 0 Å². The van der Waals surface area contributed by atoms with Gasteiger partial charge in [0, 0.05) is 5.92 Å². The summed E-state index contributed by atoms with van der Waals surface area (Å²) in [6.07, 6.45) is 2.31. The number of fused-ring (bicyclic) bond motifs is 3. The van der Waals surface area contributed by atoms with Gasteiger partial charge in [-0.05, 0) is 52.5 Å². The van der Waals surface area contributed by atoms with E-state index in [-0.39, 0.29) is 0 Å². The quantitative estimate of drug-likeness (QED) is 0.492. The minimum Gasteiger partial charge on any atom is -0.0622 e. The van der Waals surface area contributed by atoms with Crippen LogP contribution in [0.3, 0.4) is 0 Å². The van der Waals surface area contributed by atoms with Crippen LogP contribution in [0.1, 0.15) is 42.9 Å². The lowest BCUT2D eigenvalue weighted by atomic mass is 9.79. The van der Waals surface area contributed by atoms with Crippen LogP contribution in [-0.4, -0.2) is 0 Å². The Morgan fingerprint density at radius 2 is 1.24 bits per heavy atom. The maximum absolute atomic E-state index is 2.32. The van der Waals surface area contributed by atoms with Crippen molar-refractivity contribution in [3.05, 3.63) is 101 Å². The molecule has 0 heteroatoms. The third-order valence-electron chi connectivity index (χ3n) is 5.62. The van der Waals surface area contributed by atoms with Crippen molar-refractivity contribution in [2.45, 2.75) is 32.6 Å². The van der Waals surface area contributed by atoms with Crippen molar-refractivity contribution in [2.24, 2.45) is 5.92 Å². The smallest absolute Gasteiger partial charge is 0.0105 e. The minimum atomic E-state index is 0.510. The summed E-state index contributed by atoms with van der Waals surface area (Å²) in [6.45, 7) is 4.58. The van der Waals surface area contributed by atoms with Crippen molar-refractivity contribution in [3.63, 3.8) is 0 Å². The van der Waals surface area contributed by atoms with E-state index in [2.05, 4.69) is 92.7 Å². The molecule has 0 amide bonds. The molecule has 1 aliphatic carbocycles. The summed E-state index contributed by atoms with van der Waals surface area (Å²) in [7, 11) is 0. The molecular weight excluding hydrogens is 300 g/mol. The van der Waals surface area contributed by atoms with Gasteiger partial charge in [0.15, 0.2) is 0 Å². The molecule has 0 spiro atoms. The molecule has 0 bridgehead atoms. The van der Waals surface area contributed by atoms with Gasteiger partial charge in [-0.1, -0.05) is 92.7 Å². The van der Waals surface area contributed by atoms with Gasteiger partial charge in [-0.3, -0.25) is 0 Å². The van der Waals surface area contributed by atoms with E-state index in [1.165, 1.54) is 40.2 Å². The summed E-state index contributed by atoms with van der Waals surface area (Å²) >= 11 is 0. The standard InChI is InChI=1S/C25H25/c1-18(2)20(16-19-10-4-3-5-11-19)17-25-23-14-8-6-12-21(23)22-13-7-9-15-24(22)25/h3-15,20,25H,16-17H2,1-2H3. The highest BCUT2D eigenvalue weighted by molar-refractivity contribution is 5.78. The second-order valence-electron chi connectivity index (χ2n) is 7.43. The van der Waals surface area contributed by atoms with Gasteiger partial charge < -0.3 is 0 Å². The maximum atomic E-state index is 2.32. The molecule has 1 unspecified atom stereocenters. The zero-order valence-electron chi connectivity index (χ0n) is 15.1. The Kier molecular flexibility index (Phi) is 4.44. The number of rotatable bonds is 5. The van der Waals surface area contributed by atoms with Gasteiger partial charge in [0.05, 0.1) is 0 Å². The summed E-state index contributed by atoms with van der Waals surface area (Å²) in [5.41, 5.74) is 7.30. The fraction of sp³-hybridized carbons (Fsp3) is 0.240. The molecule has 1 radical (unpaired) electrons. The van der Waals surface area contributed by atoms with Crippen molar-refractivity contribution in [3.8, 4) is 11.1 Å². The first kappa shape index (κ1) is 16.1. The first-order valence-corrected chi connectivity index (χ1v) is 9.26. The van der Waals surface area contributed by atoms with Crippen LogP contribution >= 0.6 is 0 Å². The molecule has 3 aromatic rings. The Morgan fingerprint density at radius 3 is 1.80 bits per heavy atom. The highest BCUT2D eigenvalue weighted by Gasteiger charge is 2.30. The van der Waals surface area contributed by atoms with E-state index >= 15 is 0 Å².